The molecule has 1 aromatic rings. The maximum Gasteiger partial charge on any atom is 0.195 e. The molecule has 17 heavy (non-hydrogen) atoms. The van der Waals surface area contributed by atoms with Gasteiger partial charge in [-0.25, -0.2) is 0 Å². The van der Waals surface area contributed by atoms with Crippen LogP contribution in [0.4, 0.5) is 0 Å². The molecule has 94 valence electrons. The van der Waals surface area contributed by atoms with Crippen LogP contribution in [0.3, 0.4) is 0 Å². The first-order chi connectivity index (χ1) is 8.00. The molecule has 0 N–H and O–H groups in total. The van der Waals surface area contributed by atoms with E-state index in [0.717, 1.165) is 23.4 Å². The molecule has 0 fully saturated rings. The molecule has 0 unspecified atom stereocenters. The quantitative estimate of drug-likeness (QED) is 0.630. The number of halogens is 1. The lowest BCUT2D eigenvalue weighted by atomic mass is 10.2. The Morgan fingerprint density at radius 1 is 1.18 bits per heavy atom. The molecule has 0 spiro atoms. The zero-order chi connectivity index (χ0) is 12.8. The number of guanidine groups is 1. The molecular weight excluding hydrogens is 278 g/mol. The second-order valence-electron chi connectivity index (χ2n) is 4.35. The maximum absolute atomic E-state index is 4.60. The lowest BCUT2D eigenvalue weighted by molar-refractivity contribution is 0.479. The van der Waals surface area contributed by atoms with Gasteiger partial charge in [-0.1, -0.05) is 28.1 Å². The number of hydrogen-bond donors (Lipinski definition) is 0. The number of nitrogens with zero attached hydrogens (tertiary/aromatic N) is 3. The summed E-state index contributed by atoms with van der Waals surface area (Å²) >= 11 is 3.48. The molecule has 0 radical (unpaired) electrons. The van der Waals surface area contributed by atoms with Gasteiger partial charge in [-0.15, -0.1) is 0 Å². The average molecular weight is 298 g/mol. The second kappa shape index (κ2) is 6.64. The third-order valence-corrected chi connectivity index (χ3v) is 2.84. The minimum absolute atomic E-state index is 0.808. The summed E-state index contributed by atoms with van der Waals surface area (Å²) in [6.07, 6.45) is 0.963. The molecule has 0 amide bonds. The molecule has 0 saturated heterocycles. The average Bonchev–Trinajstić information content (AvgIpc) is 2.23. The first kappa shape index (κ1) is 14.0. The van der Waals surface area contributed by atoms with Crippen LogP contribution >= 0.6 is 15.9 Å². The third kappa shape index (κ3) is 4.77. The van der Waals surface area contributed by atoms with E-state index in [0.29, 0.717) is 0 Å². The number of benzene rings is 1. The summed E-state index contributed by atoms with van der Waals surface area (Å²) < 4.78 is 1.12. The Morgan fingerprint density at radius 3 is 2.35 bits per heavy atom. The highest BCUT2D eigenvalue weighted by molar-refractivity contribution is 9.10. The normalized spacial score (nSPS) is 9.94. The van der Waals surface area contributed by atoms with Gasteiger partial charge in [0.2, 0.25) is 0 Å². The van der Waals surface area contributed by atoms with Crippen LogP contribution in [0, 0.1) is 0 Å². The SMILES string of the molecule is CN(C)C(=NCCc1cccc(Br)c1)N(C)C. The van der Waals surface area contributed by atoms with Gasteiger partial charge in [0, 0.05) is 39.2 Å². The Bertz CT molecular complexity index is 376. The van der Waals surface area contributed by atoms with E-state index < -0.39 is 0 Å². The summed E-state index contributed by atoms with van der Waals surface area (Å²) in [4.78, 5) is 8.66. The van der Waals surface area contributed by atoms with Gasteiger partial charge < -0.3 is 9.80 Å². The molecule has 0 saturated carbocycles. The Labute approximate surface area is 112 Å². The molecule has 1 aromatic carbocycles. The van der Waals surface area contributed by atoms with Crippen molar-refractivity contribution in [2.75, 3.05) is 34.7 Å². The van der Waals surface area contributed by atoms with Gasteiger partial charge in [-0.05, 0) is 24.1 Å². The van der Waals surface area contributed by atoms with E-state index >= 15 is 0 Å². The van der Waals surface area contributed by atoms with Crippen LogP contribution in [-0.4, -0.2) is 50.5 Å². The van der Waals surface area contributed by atoms with E-state index in [2.05, 4.69) is 39.1 Å². The van der Waals surface area contributed by atoms with E-state index in [-0.39, 0.29) is 0 Å². The van der Waals surface area contributed by atoms with Crippen molar-refractivity contribution in [1.29, 1.82) is 0 Å². The molecule has 0 heterocycles. The Hall–Kier alpha value is -1.03. The van der Waals surface area contributed by atoms with Crippen LogP contribution in [0.15, 0.2) is 33.7 Å². The molecule has 0 atom stereocenters. The largest absolute Gasteiger partial charge is 0.349 e. The van der Waals surface area contributed by atoms with Gasteiger partial charge in [-0.3, -0.25) is 4.99 Å². The van der Waals surface area contributed by atoms with Crippen molar-refractivity contribution in [3.05, 3.63) is 34.3 Å². The van der Waals surface area contributed by atoms with E-state index in [4.69, 9.17) is 0 Å². The van der Waals surface area contributed by atoms with Crippen LogP contribution in [0.2, 0.25) is 0 Å². The predicted octanol–water partition coefficient (Wildman–Crippen LogP) is 2.47. The maximum atomic E-state index is 4.60. The van der Waals surface area contributed by atoms with E-state index in [9.17, 15) is 0 Å². The van der Waals surface area contributed by atoms with E-state index in [1.165, 1.54) is 5.56 Å². The van der Waals surface area contributed by atoms with Crippen molar-refractivity contribution in [3.8, 4) is 0 Å². The zero-order valence-electron chi connectivity index (χ0n) is 10.9. The van der Waals surface area contributed by atoms with Crippen LogP contribution in [0.25, 0.3) is 0 Å². The highest BCUT2D eigenvalue weighted by Gasteiger charge is 2.03. The summed E-state index contributed by atoms with van der Waals surface area (Å²) in [6.45, 7) is 0.808. The summed E-state index contributed by atoms with van der Waals surface area (Å²) in [5.74, 6) is 1.000. The van der Waals surface area contributed by atoms with Gasteiger partial charge >= 0.3 is 0 Å². The molecule has 1 rings (SSSR count). The van der Waals surface area contributed by atoms with Crippen molar-refractivity contribution < 1.29 is 0 Å². The van der Waals surface area contributed by atoms with E-state index in [1.54, 1.807) is 0 Å². The third-order valence-electron chi connectivity index (χ3n) is 2.34. The summed E-state index contributed by atoms with van der Waals surface area (Å²) in [5, 5.41) is 0. The number of aliphatic imine (C=N–C) groups is 1. The van der Waals surface area contributed by atoms with Crippen LogP contribution in [-0.2, 0) is 6.42 Å². The smallest absolute Gasteiger partial charge is 0.195 e. The number of rotatable bonds is 3. The van der Waals surface area contributed by atoms with Crippen molar-refractivity contribution in [2.24, 2.45) is 4.99 Å². The minimum Gasteiger partial charge on any atom is -0.349 e. The topological polar surface area (TPSA) is 18.8 Å². The zero-order valence-corrected chi connectivity index (χ0v) is 12.5. The molecule has 0 bridgehead atoms. The fourth-order valence-corrected chi connectivity index (χ4v) is 2.11. The van der Waals surface area contributed by atoms with Crippen molar-refractivity contribution in [1.82, 2.24) is 9.80 Å². The molecule has 0 aromatic heterocycles. The highest BCUT2D eigenvalue weighted by Crippen LogP contribution is 2.12. The van der Waals surface area contributed by atoms with Gasteiger partial charge in [0.1, 0.15) is 0 Å². The molecular formula is C13H20BrN3. The Balaban J connectivity index is 2.59. The Morgan fingerprint density at radius 2 is 1.82 bits per heavy atom. The summed E-state index contributed by atoms with van der Waals surface area (Å²) in [6, 6.07) is 8.37. The first-order valence-corrected chi connectivity index (χ1v) is 6.43. The van der Waals surface area contributed by atoms with Gasteiger partial charge in [0.15, 0.2) is 5.96 Å². The standard InChI is InChI=1S/C13H20BrN3/c1-16(2)13(17(3)4)15-9-8-11-6-5-7-12(14)10-11/h5-7,10H,8-9H2,1-4H3. The minimum atomic E-state index is 0.808. The van der Waals surface area contributed by atoms with Gasteiger partial charge in [0.05, 0.1) is 0 Å². The molecule has 3 nitrogen and oxygen atoms in total. The predicted molar refractivity (Wildman–Crippen MR) is 77.5 cm³/mol. The highest BCUT2D eigenvalue weighted by atomic mass is 79.9. The monoisotopic (exact) mass is 297 g/mol. The second-order valence-corrected chi connectivity index (χ2v) is 5.27. The van der Waals surface area contributed by atoms with Gasteiger partial charge in [-0.2, -0.15) is 0 Å². The van der Waals surface area contributed by atoms with Crippen molar-refractivity contribution >= 4 is 21.9 Å². The lowest BCUT2D eigenvalue weighted by Crippen LogP contribution is -2.35. The summed E-state index contributed by atoms with van der Waals surface area (Å²) in [7, 11) is 8.05. The summed E-state index contributed by atoms with van der Waals surface area (Å²) in [5.41, 5.74) is 1.31. The van der Waals surface area contributed by atoms with Crippen molar-refractivity contribution in [3.63, 3.8) is 0 Å². The molecule has 0 aliphatic carbocycles. The fraction of sp³-hybridized carbons (Fsp3) is 0.462. The molecule has 0 aliphatic heterocycles. The van der Waals surface area contributed by atoms with Crippen LogP contribution in [0.5, 0.6) is 0 Å². The van der Waals surface area contributed by atoms with Gasteiger partial charge in [0.25, 0.3) is 0 Å². The van der Waals surface area contributed by atoms with Crippen molar-refractivity contribution in [2.45, 2.75) is 6.42 Å². The lowest BCUT2D eigenvalue weighted by Gasteiger charge is -2.22. The Kier molecular flexibility index (Phi) is 5.48. The number of hydrogen-bond acceptors (Lipinski definition) is 1. The first-order valence-electron chi connectivity index (χ1n) is 5.64. The van der Waals surface area contributed by atoms with Crippen LogP contribution < -0.4 is 0 Å². The fourth-order valence-electron chi connectivity index (χ4n) is 1.66. The molecule has 0 aliphatic rings. The molecule has 4 heteroatoms. The van der Waals surface area contributed by atoms with Crippen LogP contribution in [0.1, 0.15) is 5.56 Å². The van der Waals surface area contributed by atoms with E-state index in [1.807, 2.05) is 44.1 Å².